The van der Waals surface area contributed by atoms with Crippen LogP contribution in [0.4, 0.5) is 0 Å². The summed E-state index contributed by atoms with van der Waals surface area (Å²) in [5, 5.41) is 2.27. The van der Waals surface area contributed by atoms with E-state index in [9.17, 15) is 4.79 Å². The average molecular weight is 302 g/mol. The second-order valence-corrected chi connectivity index (χ2v) is 5.04. The number of carbonyl (C=O) groups is 1. The van der Waals surface area contributed by atoms with Gasteiger partial charge in [0.05, 0.1) is 19.8 Å². The third kappa shape index (κ3) is 4.95. The summed E-state index contributed by atoms with van der Waals surface area (Å²) in [6, 6.07) is 12.1. The summed E-state index contributed by atoms with van der Waals surface area (Å²) in [7, 11) is 0. The Balaban J connectivity index is 1.88. The van der Waals surface area contributed by atoms with Gasteiger partial charge in [-0.15, -0.1) is 0 Å². The molecule has 0 unspecified atom stereocenters. The van der Waals surface area contributed by atoms with E-state index in [0.29, 0.717) is 19.7 Å². The molecule has 0 atom stereocenters. The number of carbonyl (C=O) groups excluding carboxylic acids is 1. The molecule has 2 rings (SSSR count). The van der Waals surface area contributed by atoms with Crippen molar-refractivity contribution in [3.05, 3.63) is 36.4 Å². The van der Waals surface area contributed by atoms with E-state index in [1.807, 2.05) is 36.4 Å². The van der Waals surface area contributed by atoms with Crippen molar-refractivity contribution in [2.24, 2.45) is 0 Å². The Bertz CT molecular complexity index is 595. The van der Waals surface area contributed by atoms with Gasteiger partial charge in [0, 0.05) is 0 Å². The zero-order valence-electron chi connectivity index (χ0n) is 12.9. The second kappa shape index (κ2) is 8.93. The number of hydrogen-bond acceptors (Lipinski definition) is 4. The van der Waals surface area contributed by atoms with Crippen LogP contribution in [0.15, 0.2) is 36.4 Å². The Morgan fingerprint density at radius 1 is 0.864 bits per heavy atom. The van der Waals surface area contributed by atoms with Gasteiger partial charge < -0.3 is 14.2 Å². The molecule has 0 N–H and O–H groups in total. The molecule has 0 aliphatic rings. The van der Waals surface area contributed by atoms with E-state index in [0.717, 1.165) is 48.1 Å². The fraction of sp³-hybridized carbons (Fsp3) is 0.389. The van der Waals surface area contributed by atoms with Crippen LogP contribution in [0.1, 0.15) is 26.2 Å². The molecule has 0 bridgehead atoms. The van der Waals surface area contributed by atoms with Crippen LogP contribution in [0.25, 0.3) is 10.8 Å². The second-order valence-electron chi connectivity index (χ2n) is 5.04. The van der Waals surface area contributed by atoms with Gasteiger partial charge in [0.1, 0.15) is 11.5 Å². The first kappa shape index (κ1) is 16.1. The summed E-state index contributed by atoms with van der Waals surface area (Å²) in [4.78, 5) is 10.0. The van der Waals surface area contributed by atoms with Crippen molar-refractivity contribution in [2.75, 3.05) is 19.8 Å². The average Bonchev–Trinajstić information content (AvgIpc) is 2.56. The standard InChI is InChI=1S/C18H22O4/c1-2-9-21-17-7-5-16-13-18(8-6-15(16)12-17)22-11-4-3-10-20-14-19/h5-8,12-14H,2-4,9-11H2,1H3. The van der Waals surface area contributed by atoms with Crippen LogP contribution in [-0.2, 0) is 9.53 Å². The van der Waals surface area contributed by atoms with Crippen molar-refractivity contribution in [1.82, 2.24) is 0 Å². The minimum absolute atomic E-state index is 0.450. The summed E-state index contributed by atoms with van der Waals surface area (Å²) >= 11 is 0. The van der Waals surface area contributed by atoms with Crippen LogP contribution in [0, 0.1) is 0 Å². The maximum Gasteiger partial charge on any atom is 0.293 e. The monoisotopic (exact) mass is 302 g/mol. The first-order valence-electron chi connectivity index (χ1n) is 7.68. The summed E-state index contributed by atoms with van der Waals surface area (Å²) in [6.45, 7) is 4.37. The topological polar surface area (TPSA) is 44.8 Å². The normalized spacial score (nSPS) is 10.4. The molecule has 2 aromatic carbocycles. The summed E-state index contributed by atoms with van der Waals surface area (Å²) in [5.41, 5.74) is 0. The van der Waals surface area contributed by atoms with Crippen LogP contribution in [0.5, 0.6) is 11.5 Å². The highest BCUT2D eigenvalue weighted by atomic mass is 16.5. The zero-order valence-corrected chi connectivity index (χ0v) is 12.9. The Kier molecular flexibility index (Phi) is 6.55. The molecule has 4 heteroatoms. The van der Waals surface area contributed by atoms with E-state index < -0.39 is 0 Å². The van der Waals surface area contributed by atoms with E-state index in [2.05, 4.69) is 11.7 Å². The molecular formula is C18H22O4. The molecule has 118 valence electrons. The molecule has 22 heavy (non-hydrogen) atoms. The summed E-state index contributed by atoms with van der Waals surface area (Å²) in [6.07, 6.45) is 2.67. The molecule has 0 spiro atoms. The van der Waals surface area contributed by atoms with E-state index >= 15 is 0 Å². The Hall–Kier alpha value is -2.23. The number of benzene rings is 2. The number of rotatable bonds is 10. The summed E-state index contributed by atoms with van der Waals surface area (Å²) in [5.74, 6) is 1.75. The lowest BCUT2D eigenvalue weighted by molar-refractivity contribution is -0.128. The highest BCUT2D eigenvalue weighted by molar-refractivity contribution is 5.85. The van der Waals surface area contributed by atoms with Crippen LogP contribution >= 0.6 is 0 Å². The fourth-order valence-electron chi connectivity index (χ4n) is 2.13. The molecule has 0 saturated carbocycles. The minimum atomic E-state index is 0.450. The van der Waals surface area contributed by atoms with Gasteiger partial charge >= 0.3 is 0 Å². The minimum Gasteiger partial charge on any atom is -0.494 e. The maximum atomic E-state index is 10.0. The molecule has 0 aromatic heterocycles. The molecule has 0 radical (unpaired) electrons. The molecule has 0 heterocycles. The van der Waals surface area contributed by atoms with Gasteiger partial charge in [0.25, 0.3) is 6.47 Å². The fourth-order valence-corrected chi connectivity index (χ4v) is 2.13. The molecule has 0 aliphatic carbocycles. The van der Waals surface area contributed by atoms with Crippen LogP contribution in [-0.4, -0.2) is 26.3 Å². The third-order valence-corrected chi connectivity index (χ3v) is 3.25. The maximum absolute atomic E-state index is 10.0. The Morgan fingerprint density at radius 3 is 2.05 bits per heavy atom. The Labute approximate surface area is 131 Å². The van der Waals surface area contributed by atoms with Gasteiger partial charge in [0.15, 0.2) is 0 Å². The predicted molar refractivity (Wildman–Crippen MR) is 86.5 cm³/mol. The number of hydrogen-bond donors (Lipinski definition) is 0. The lowest BCUT2D eigenvalue weighted by Crippen LogP contribution is -2.00. The van der Waals surface area contributed by atoms with Crippen LogP contribution in [0.3, 0.4) is 0 Å². The smallest absolute Gasteiger partial charge is 0.293 e. The first-order chi connectivity index (χ1) is 10.8. The zero-order chi connectivity index (χ0) is 15.6. The molecule has 0 saturated heterocycles. The highest BCUT2D eigenvalue weighted by Crippen LogP contribution is 2.25. The van der Waals surface area contributed by atoms with E-state index in [4.69, 9.17) is 9.47 Å². The highest BCUT2D eigenvalue weighted by Gasteiger charge is 2.00. The molecule has 2 aromatic rings. The lowest BCUT2D eigenvalue weighted by Gasteiger charge is -2.09. The van der Waals surface area contributed by atoms with E-state index in [1.54, 1.807) is 0 Å². The van der Waals surface area contributed by atoms with Crippen molar-refractivity contribution in [3.63, 3.8) is 0 Å². The van der Waals surface area contributed by atoms with Crippen molar-refractivity contribution < 1.29 is 19.0 Å². The predicted octanol–water partition coefficient (Wildman–Crippen LogP) is 3.96. The largest absolute Gasteiger partial charge is 0.494 e. The molecule has 0 amide bonds. The van der Waals surface area contributed by atoms with Gasteiger partial charge in [-0.05, 0) is 54.3 Å². The number of fused-ring (bicyclic) bond motifs is 1. The van der Waals surface area contributed by atoms with E-state index in [1.165, 1.54) is 0 Å². The lowest BCUT2D eigenvalue weighted by atomic mass is 10.1. The number of unbranched alkanes of at least 4 members (excludes halogenated alkanes) is 1. The van der Waals surface area contributed by atoms with Crippen LogP contribution in [0.2, 0.25) is 0 Å². The third-order valence-electron chi connectivity index (χ3n) is 3.25. The van der Waals surface area contributed by atoms with E-state index in [-0.39, 0.29) is 0 Å². The van der Waals surface area contributed by atoms with Crippen molar-refractivity contribution in [3.8, 4) is 11.5 Å². The SMILES string of the molecule is CCCOc1ccc2cc(OCCCCOC=O)ccc2c1. The Morgan fingerprint density at radius 2 is 1.45 bits per heavy atom. The van der Waals surface area contributed by atoms with Crippen molar-refractivity contribution in [1.29, 1.82) is 0 Å². The van der Waals surface area contributed by atoms with Gasteiger partial charge in [-0.2, -0.15) is 0 Å². The molecule has 0 fully saturated rings. The molecule has 0 aliphatic heterocycles. The van der Waals surface area contributed by atoms with Crippen molar-refractivity contribution >= 4 is 17.2 Å². The molecule has 4 nitrogen and oxygen atoms in total. The summed E-state index contributed by atoms with van der Waals surface area (Å²) < 4.78 is 16.0. The van der Waals surface area contributed by atoms with Crippen LogP contribution < -0.4 is 9.47 Å². The van der Waals surface area contributed by atoms with Gasteiger partial charge in [-0.3, -0.25) is 4.79 Å². The number of ether oxygens (including phenoxy) is 3. The quantitative estimate of drug-likeness (QED) is 0.492. The van der Waals surface area contributed by atoms with Gasteiger partial charge in [-0.25, -0.2) is 0 Å². The molecular weight excluding hydrogens is 280 g/mol. The van der Waals surface area contributed by atoms with Gasteiger partial charge in [0.2, 0.25) is 0 Å². The first-order valence-corrected chi connectivity index (χ1v) is 7.68. The van der Waals surface area contributed by atoms with Gasteiger partial charge in [-0.1, -0.05) is 19.1 Å². The van der Waals surface area contributed by atoms with Crippen molar-refractivity contribution in [2.45, 2.75) is 26.2 Å².